The minimum atomic E-state index is -0.597. The van der Waals surface area contributed by atoms with Crippen molar-refractivity contribution in [2.75, 3.05) is 5.32 Å². The normalized spacial score (nSPS) is 12.2. The van der Waals surface area contributed by atoms with Crippen molar-refractivity contribution in [2.45, 2.75) is 40.2 Å². The van der Waals surface area contributed by atoms with Crippen LogP contribution in [-0.4, -0.2) is 22.2 Å². The van der Waals surface area contributed by atoms with Gasteiger partial charge in [-0.2, -0.15) is 0 Å². The summed E-state index contributed by atoms with van der Waals surface area (Å²) in [4.78, 5) is 12.1. The number of anilines is 1. The smallest absolute Gasteiger partial charge is 0.266 e. The third-order valence-electron chi connectivity index (χ3n) is 2.98. The Hall–Kier alpha value is -1.95. The molecule has 1 amide bonds. The van der Waals surface area contributed by atoms with Gasteiger partial charge in [0.05, 0.1) is 0 Å². The van der Waals surface area contributed by atoms with Gasteiger partial charge < -0.3 is 4.74 Å². The van der Waals surface area contributed by atoms with Gasteiger partial charge >= 0.3 is 0 Å². The van der Waals surface area contributed by atoms with Crippen molar-refractivity contribution in [1.82, 2.24) is 10.2 Å². The lowest BCUT2D eigenvalue weighted by Gasteiger charge is -2.13. The number of aromatic nitrogens is 2. The number of carbonyl (C=O) groups excluding carboxylic acids is 1. The zero-order valence-electron chi connectivity index (χ0n) is 13.3. The molecule has 1 unspecified atom stereocenters. The second-order valence-corrected chi connectivity index (χ2v) is 6.72. The molecule has 0 aliphatic heterocycles. The zero-order valence-corrected chi connectivity index (χ0v) is 14.1. The predicted molar refractivity (Wildman–Crippen MR) is 88.3 cm³/mol. The van der Waals surface area contributed by atoms with Crippen molar-refractivity contribution in [3.05, 3.63) is 34.8 Å². The Bertz CT molecular complexity index is 623. The lowest BCUT2D eigenvalue weighted by Crippen LogP contribution is -2.30. The molecule has 0 fully saturated rings. The van der Waals surface area contributed by atoms with Gasteiger partial charge in [0, 0.05) is 6.42 Å². The fourth-order valence-corrected chi connectivity index (χ4v) is 2.77. The molecule has 1 heterocycles. The van der Waals surface area contributed by atoms with Gasteiger partial charge in [-0.1, -0.05) is 42.9 Å². The molecule has 0 bridgehead atoms. The molecule has 0 saturated carbocycles. The van der Waals surface area contributed by atoms with Gasteiger partial charge in [-0.15, -0.1) is 10.2 Å². The molecule has 118 valence electrons. The molecule has 5 nitrogen and oxygen atoms in total. The zero-order chi connectivity index (χ0) is 16.1. The molecule has 6 heteroatoms. The number of aryl methyl sites for hydroxylation is 1. The maximum absolute atomic E-state index is 12.1. The number of ether oxygens (including phenoxy) is 1. The summed E-state index contributed by atoms with van der Waals surface area (Å²) < 4.78 is 5.62. The van der Waals surface area contributed by atoms with Gasteiger partial charge in [-0.3, -0.25) is 10.1 Å². The van der Waals surface area contributed by atoms with Crippen molar-refractivity contribution >= 4 is 22.4 Å². The quantitative estimate of drug-likeness (QED) is 0.885. The van der Waals surface area contributed by atoms with Crippen LogP contribution in [0.2, 0.25) is 0 Å². The summed E-state index contributed by atoms with van der Waals surface area (Å²) in [6.45, 7) is 7.96. The summed E-state index contributed by atoms with van der Waals surface area (Å²) in [6, 6.07) is 7.60. The van der Waals surface area contributed by atoms with E-state index in [2.05, 4.69) is 29.4 Å². The summed E-state index contributed by atoms with van der Waals surface area (Å²) in [5, 5.41) is 12.3. The number of hydrogen-bond donors (Lipinski definition) is 1. The molecule has 0 saturated heterocycles. The predicted octanol–water partition coefficient (Wildman–Crippen LogP) is 3.45. The highest BCUT2D eigenvalue weighted by Gasteiger charge is 2.17. The molecule has 1 atom stereocenters. The Labute approximate surface area is 134 Å². The second-order valence-electron chi connectivity index (χ2n) is 5.66. The summed E-state index contributed by atoms with van der Waals surface area (Å²) >= 11 is 1.41. The molecule has 0 aliphatic carbocycles. The van der Waals surface area contributed by atoms with Gasteiger partial charge in [0.1, 0.15) is 10.8 Å². The van der Waals surface area contributed by atoms with Crippen LogP contribution in [0.25, 0.3) is 0 Å². The summed E-state index contributed by atoms with van der Waals surface area (Å²) in [5.41, 5.74) is 1.15. The van der Waals surface area contributed by atoms with Crippen LogP contribution in [0, 0.1) is 12.8 Å². The minimum Gasteiger partial charge on any atom is -0.481 e. The Kier molecular flexibility index (Phi) is 5.49. The highest BCUT2D eigenvalue weighted by Crippen LogP contribution is 2.19. The molecule has 0 aliphatic rings. The number of hydrogen-bond acceptors (Lipinski definition) is 5. The molecule has 0 radical (unpaired) electrons. The van der Waals surface area contributed by atoms with E-state index in [0.717, 1.165) is 17.0 Å². The molecule has 1 N–H and O–H groups in total. The van der Waals surface area contributed by atoms with Crippen molar-refractivity contribution in [3.63, 3.8) is 0 Å². The average molecular weight is 319 g/mol. The van der Waals surface area contributed by atoms with Crippen LogP contribution in [0.15, 0.2) is 24.3 Å². The molecular formula is C16H21N3O2S. The van der Waals surface area contributed by atoms with E-state index in [0.29, 0.717) is 16.8 Å². The first kappa shape index (κ1) is 16.4. The van der Waals surface area contributed by atoms with Crippen LogP contribution in [0.4, 0.5) is 5.13 Å². The Balaban J connectivity index is 1.90. The first-order chi connectivity index (χ1) is 10.4. The first-order valence-electron chi connectivity index (χ1n) is 7.30. The highest BCUT2D eigenvalue weighted by molar-refractivity contribution is 7.15. The van der Waals surface area contributed by atoms with E-state index in [4.69, 9.17) is 4.74 Å². The Morgan fingerprint density at radius 1 is 1.23 bits per heavy atom. The van der Waals surface area contributed by atoms with E-state index in [1.807, 2.05) is 31.2 Å². The summed E-state index contributed by atoms with van der Waals surface area (Å²) in [7, 11) is 0. The molecule has 0 spiro atoms. The standard InChI is InChI=1S/C16H21N3O2S/c1-10(2)9-14-18-19-16(22-14)17-15(20)12(4)21-13-7-5-11(3)6-8-13/h5-8,10,12H,9H2,1-4H3,(H,17,19,20). The topological polar surface area (TPSA) is 64.1 Å². The molecule has 22 heavy (non-hydrogen) atoms. The lowest BCUT2D eigenvalue weighted by molar-refractivity contribution is -0.122. The fraction of sp³-hybridized carbons (Fsp3) is 0.438. The number of nitrogens with zero attached hydrogens (tertiary/aromatic N) is 2. The fourth-order valence-electron chi connectivity index (χ4n) is 1.82. The third-order valence-corrected chi connectivity index (χ3v) is 3.84. The lowest BCUT2D eigenvalue weighted by atomic mass is 10.1. The molecule has 2 aromatic rings. The average Bonchev–Trinajstić information content (AvgIpc) is 2.87. The van der Waals surface area contributed by atoms with Crippen molar-refractivity contribution in [3.8, 4) is 5.75 Å². The number of carbonyl (C=O) groups is 1. The van der Waals surface area contributed by atoms with E-state index in [1.54, 1.807) is 6.92 Å². The van der Waals surface area contributed by atoms with Gasteiger partial charge in [0.25, 0.3) is 5.91 Å². The second kappa shape index (κ2) is 7.35. The minimum absolute atomic E-state index is 0.229. The molecule has 1 aromatic heterocycles. The van der Waals surface area contributed by atoms with E-state index in [9.17, 15) is 4.79 Å². The van der Waals surface area contributed by atoms with Crippen LogP contribution < -0.4 is 10.1 Å². The number of benzene rings is 1. The van der Waals surface area contributed by atoms with E-state index in [-0.39, 0.29) is 5.91 Å². The Morgan fingerprint density at radius 3 is 2.55 bits per heavy atom. The van der Waals surface area contributed by atoms with Crippen molar-refractivity contribution < 1.29 is 9.53 Å². The van der Waals surface area contributed by atoms with Gasteiger partial charge in [-0.05, 0) is 31.9 Å². The number of rotatable bonds is 6. The largest absolute Gasteiger partial charge is 0.481 e. The monoisotopic (exact) mass is 319 g/mol. The van der Waals surface area contributed by atoms with E-state index < -0.39 is 6.10 Å². The molecule has 1 aromatic carbocycles. The van der Waals surface area contributed by atoms with Gasteiger partial charge in [0.15, 0.2) is 6.10 Å². The SMILES string of the molecule is Cc1ccc(OC(C)C(=O)Nc2nnc(CC(C)C)s2)cc1. The highest BCUT2D eigenvalue weighted by atomic mass is 32.1. The van der Waals surface area contributed by atoms with Gasteiger partial charge in [0.2, 0.25) is 5.13 Å². The van der Waals surface area contributed by atoms with Crippen molar-refractivity contribution in [2.24, 2.45) is 5.92 Å². The Morgan fingerprint density at radius 2 is 1.91 bits per heavy atom. The van der Waals surface area contributed by atoms with Crippen LogP contribution in [0.1, 0.15) is 31.3 Å². The third kappa shape index (κ3) is 4.80. The molecular weight excluding hydrogens is 298 g/mol. The van der Waals surface area contributed by atoms with E-state index >= 15 is 0 Å². The summed E-state index contributed by atoms with van der Waals surface area (Å²) in [5.74, 6) is 0.958. The van der Waals surface area contributed by atoms with Crippen LogP contribution >= 0.6 is 11.3 Å². The van der Waals surface area contributed by atoms with E-state index in [1.165, 1.54) is 11.3 Å². The van der Waals surface area contributed by atoms with Crippen LogP contribution in [0.5, 0.6) is 5.75 Å². The maximum atomic E-state index is 12.1. The maximum Gasteiger partial charge on any atom is 0.266 e. The van der Waals surface area contributed by atoms with Gasteiger partial charge in [-0.25, -0.2) is 0 Å². The first-order valence-corrected chi connectivity index (χ1v) is 8.12. The molecule has 2 rings (SSSR count). The number of amides is 1. The number of nitrogens with one attached hydrogen (secondary N) is 1. The summed E-state index contributed by atoms with van der Waals surface area (Å²) in [6.07, 6.45) is 0.267. The van der Waals surface area contributed by atoms with Crippen LogP contribution in [-0.2, 0) is 11.2 Å². The van der Waals surface area contributed by atoms with Crippen LogP contribution in [0.3, 0.4) is 0 Å². The van der Waals surface area contributed by atoms with Crippen molar-refractivity contribution in [1.29, 1.82) is 0 Å².